The first kappa shape index (κ1) is 13.9. The van der Waals surface area contributed by atoms with Crippen molar-refractivity contribution in [2.45, 2.75) is 39.0 Å². The Labute approximate surface area is 103 Å². The summed E-state index contributed by atoms with van der Waals surface area (Å²) in [5.41, 5.74) is 0.481. The van der Waals surface area contributed by atoms with E-state index in [-0.39, 0.29) is 5.78 Å². The molecule has 0 saturated heterocycles. The minimum absolute atomic E-state index is 0.0818. The Balaban J connectivity index is 2.38. The predicted octanol–water partition coefficient (Wildman–Crippen LogP) is 2.54. The molecule has 0 aliphatic heterocycles. The van der Waals surface area contributed by atoms with Crippen molar-refractivity contribution in [3.8, 4) is 0 Å². The molecule has 0 fully saturated rings. The van der Waals surface area contributed by atoms with E-state index in [4.69, 9.17) is 4.52 Å². The van der Waals surface area contributed by atoms with Crippen molar-refractivity contribution in [3.05, 3.63) is 17.5 Å². The molecule has 96 valence electrons. The summed E-state index contributed by atoms with van der Waals surface area (Å²) < 4.78 is 5.13. The maximum Gasteiger partial charge on any atom is 0.184 e. The summed E-state index contributed by atoms with van der Waals surface area (Å²) in [6, 6.07) is 1.79. The molecule has 0 unspecified atom stereocenters. The van der Waals surface area contributed by atoms with E-state index < -0.39 is 0 Å². The van der Waals surface area contributed by atoms with Crippen molar-refractivity contribution >= 4 is 5.78 Å². The van der Waals surface area contributed by atoms with Crippen LogP contribution < -0.4 is 0 Å². The van der Waals surface area contributed by atoms with Crippen LogP contribution in [0.3, 0.4) is 0 Å². The molecule has 0 aliphatic rings. The van der Waals surface area contributed by atoms with E-state index in [2.05, 4.69) is 17.0 Å². The van der Waals surface area contributed by atoms with Gasteiger partial charge in [-0.2, -0.15) is 0 Å². The third-order valence-corrected chi connectivity index (χ3v) is 2.63. The van der Waals surface area contributed by atoms with Gasteiger partial charge in [-0.05, 0) is 33.5 Å². The van der Waals surface area contributed by atoms with E-state index in [1.165, 1.54) is 0 Å². The molecule has 0 aliphatic carbocycles. The number of Topliss-reactive ketones (excluding diaryl/α,β-unsaturated/α-hetero) is 1. The minimum Gasteiger partial charge on any atom is -0.361 e. The maximum absolute atomic E-state index is 11.8. The Morgan fingerprint density at radius 1 is 1.41 bits per heavy atom. The number of nitrogens with zero attached hydrogens (tertiary/aromatic N) is 2. The molecular weight excluding hydrogens is 216 g/mol. The van der Waals surface area contributed by atoms with E-state index in [1.807, 2.05) is 14.1 Å². The predicted molar refractivity (Wildman–Crippen MR) is 67.2 cm³/mol. The molecule has 4 heteroatoms. The summed E-state index contributed by atoms with van der Waals surface area (Å²) in [5.74, 6) is 0.904. The van der Waals surface area contributed by atoms with Crippen LogP contribution in [0.2, 0.25) is 0 Å². The molecule has 0 bridgehead atoms. The Morgan fingerprint density at radius 2 is 2.18 bits per heavy atom. The van der Waals surface area contributed by atoms with Crippen LogP contribution in [0.5, 0.6) is 0 Å². The molecule has 17 heavy (non-hydrogen) atoms. The molecule has 1 aromatic heterocycles. The fourth-order valence-electron chi connectivity index (χ4n) is 1.60. The average molecular weight is 238 g/mol. The van der Waals surface area contributed by atoms with Gasteiger partial charge < -0.3 is 9.42 Å². The number of hydrogen-bond donors (Lipinski definition) is 0. The number of unbranched alkanes of at least 4 members (excludes halogenated alkanes) is 1. The number of carbonyl (C=O) groups excluding carboxylic acids is 1. The highest BCUT2D eigenvalue weighted by Crippen LogP contribution is 2.10. The second kappa shape index (κ2) is 7.22. The lowest BCUT2D eigenvalue weighted by Crippen LogP contribution is -2.14. The zero-order chi connectivity index (χ0) is 12.7. The number of rotatable bonds is 8. The van der Waals surface area contributed by atoms with Crippen molar-refractivity contribution in [1.29, 1.82) is 0 Å². The average Bonchev–Trinajstić information content (AvgIpc) is 2.74. The van der Waals surface area contributed by atoms with Gasteiger partial charge in [0.15, 0.2) is 5.78 Å². The summed E-state index contributed by atoms with van der Waals surface area (Å²) in [5, 5.41) is 3.83. The van der Waals surface area contributed by atoms with Crippen LogP contribution in [-0.4, -0.2) is 36.5 Å². The van der Waals surface area contributed by atoms with Gasteiger partial charge in [0, 0.05) is 18.9 Å². The standard InChI is InChI=1S/C13H22N2O2/c1-4-5-7-11-10-12(14-17-11)13(16)8-6-9-15(2)3/h10H,4-9H2,1-3H3. The Kier molecular flexibility index (Phi) is 5.91. The lowest BCUT2D eigenvalue weighted by atomic mass is 10.1. The molecule has 4 nitrogen and oxygen atoms in total. The van der Waals surface area contributed by atoms with Crippen LogP contribution in [0.15, 0.2) is 10.6 Å². The summed E-state index contributed by atoms with van der Waals surface area (Å²) in [7, 11) is 4.01. The van der Waals surface area contributed by atoms with E-state index >= 15 is 0 Å². The molecule has 1 heterocycles. The zero-order valence-electron chi connectivity index (χ0n) is 11.0. The van der Waals surface area contributed by atoms with Gasteiger partial charge in [0.1, 0.15) is 11.5 Å². The van der Waals surface area contributed by atoms with Crippen molar-refractivity contribution in [2.75, 3.05) is 20.6 Å². The minimum atomic E-state index is 0.0818. The lowest BCUT2D eigenvalue weighted by Gasteiger charge is -2.07. The van der Waals surface area contributed by atoms with Crippen LogP contribution >= 0.6 is 0 Å². The highest BCUT2D eigenvalue weighted by atomic mass is 16.5. The third-order valence-electron chi connectivity index (χ3n) is 2.63. The second-order valence-electron chi connectivity index (χ2n) is 4.61. The van der Waals surface area contributed by atoms with Crippen molar-refractivity contribution in [3.63, 3.8) is 0 Å². The number of aryl methyl sites for hydroxylation is 1. The second-order valence-corrected chi connectivity index (χ2v) is 4.61. The number of aromatic nitrogens is 1. The van der Waals surface area contributed by atoms with Crippen molar-refractivity contribution in [1.82, 2.24) is 10.1 Å². The SMILES string of the molecule is CCCCc1cc(C(=O)CCCN(C)C)no1. The Hall–Kier alpha value is -1.16. The fraction of sp³-hybridized carbons (Fsp3) is 0.692. The van der Waals surface area contributed by atoms with Crippen molar-refractivity contribution < 1.29 is 9.32 Å². The first-order valence-corrected chi connectivity index (χ1v) is 6.27. The van der Waals surface area contributed by atoms with Crippen LogP contribution in [0, 0.1) is 0 Å². The van der Waals surface area contributed by atoms with Gasteiger partial charge in [0.05, 0.1) is 0 Å². The highest BCUT2D eigenvalue weighted by molar-refractivity contribution is 5.94. The number of carbonyl (C=O) groups is 1. The van der Waals surface area contributed by atoms with Crippen LogP contribution in [0.1, 0.15) is 48.9 Å². The van der Waals surface area contributed by atoms with E-state index in [0.29, 0.717) is 12.1 Å². The van der Waals surface area contributed by atoms with Crippen LogP contribution in [0.25, 0.3) is 0 Å². The fourth-order valence-corrected chi connectivity index (χ4v) is 1.60. The molecule has 1 rings (SSSR count). The first-order valence-electron chi connectivity index (χ1n) is 6.27. The monoisotopic (exact) mass is 238 g/mol. The number of ketones is 1. The summed E-state index contributed by atoms with van der Waals surface area (Å²) in [6.07, 6.45) is 4.46. The summed E-state index contributed by atoms with van der Waals surface area (Å²) in [4.78, 5) is 13.8. The lowest BCUT2D eigenvalue weighted by molar-refractivity contribution is 0.0968. The van der Waals surface area contributed by atoms with E-state index in [1.54, 1.807) is 6.07 Å². The number of hydrogen-bond acceptors (Lipinski definition) is 4. The van der Waals surface area contributed by atoms with Gasteiger partial charge in [-0.1, -0.05) is 18.5 Å². The maximum atomic E-state index is 11.8. The molecule has 0 N–H and O–H groups in total. The van der Waals surface area contributed by atoms with Crippen LogP contribution in [-0.2, 0) is 6.42 Å². The molecule has 0 aromatic carbocycles. The van der Waals surface area contributed by atoms with Gasteiger partial charge in [0.25, 0.3) is 0 Å². The molecule has 0 radical (unpaired) electrons. The Morgan fingerprint density at radius 3 is 2.82 bits per heavy atom. The van der Waals surface area contributed by atoms with Gasteiger partial charge >= 0.3 is 0 Å². The van der Waals surface area contributed by atoms with Crippen LogP contribution in [0.4, 0.5) is 0 Å². The summed E-state index contributed by atoms with van der Waals surface area (Å²) >= 11 is 0. The van der Waals surface area contributed by atoms with E-state index in [0.717, 1.165) is 38.0 Å². The summed E-state index contributed by atoms with van der Waals surface area (Å²) in [6.45, 7) is 3.05. The zero-order valence-corrected chi connectivity index (χ0v) is 11.0. The normalized spacial score (nSPS) is 11.1. The molecule has 0 amide bonds. The molecule has 1 aromatic rings. The smallest absolute Gasteiger partial charge is 0.184 e. The molecule has 0 saturated carbocycles. The quantitative estimate of drug-likeness (QED) is 0.653. The third kappa shape index (κ3) is 5.13. The highest BCUT2D eigenvalue weighted by Gasteiger charge is 2.11. The van der Waals surface area contributed by atoms with Gasteiger partial charge in [-0.25, -0.2) is 0 Å². The van der Waals surface area contributed by atoms with Gasteiger partial charge in [0.2, 0.25) is 0 Å². The van der Waals surface area contributed by atoms with Gasteiger partial charge in [-0.15, -0.1) is 0 Å². The van der Waals surface area contributed by atoms with E-state index in [9.17, 15) is 4.79 Å². The first-order chi connectivity index (χ1) is 8.13. The molecule has 0 atom stereocenters. The topological polar surface area (TPSA) is 46.3 Å². The van der Waals surface area contributed by atoms with Gasteiger partial charge in [-0.3, -0.25) is 4.79 Å². The molecular formula is C13H22N2O2. The Bertz CT molecular complexity index is 345. The largest absolute Gasteiger partial charge is 0.361 e. The van der Waals surface area contributed by atoms with Crippen molar-refractivity contribution in [2.24, 2.45) is 0 Å². The molecule has 0 spiro atoms.